The molecule has 0 saturated heterocycles. The first-order valence-electron chi connectivity index (χ1n) is 17.9. The fourth-order valence-electron chi connectivity index (χ4n) is 6.09. The van der Waals surface area contributed by atoms with Crippen LogP contribution < -0.4 is 31.9 Å². The zero-order valence-corrected chi connectivity index (χ0v) is 32.9. The minimum absolute atomic E-state index is 0.0161. The quantitative estimate of drug-likeness (QED) is 0.0916. The molecule has 0 spiro atoms. The number of thiophene rings is 2. The van der Waals surface area contributed by atoms with Crippen LogP contribution in [-0.2, 0) is 61.3 Å². The van der Waals surface area contributed by atoms with Gasteiger partial charge in [-0.25, -0.2) is 28.8 Å². The van der Waals surface area contributed by atoms with Crippen LogP contribution in [0.1, 0.15) is 58.8 Å². The Labute approximate surface area is 347 Å². The van der Waals surface area contributed by atoms with Gasteiger partial charge < -0.3 is 61.8 Å². The maximum Gasteiger partial charge on any atom is 0.407 e. The Kier molecular flexibility index (Phi) is 15.3. The lowest BCUT2D eigenvalue weighted by molar-refractivity contribution is -0.147. The number of anilines is 2. The molecule has 20 nitrogen and oxygen atoms in total. The first kappa shape index (κ1) is 44.2. The molecule has 10 N–H and O–H groups in total. The van der Waals surface area contributed by atoms with Crippen LogP contribution in [0.15, 0.2) is 60.7 Å². The van der Waals surface area contributed by atoms with Crippen LogP contribution in [0.5, 0.6) is 0 Å². The van der Waals surface area contributed by atoms with Crippen LogP contribution >= 0.6 is 22.7 Å². The summed E-state index contributed by atoms with van der Waals surface area (Å²) in [5, 5.41) is 52.4. The number of aliphatic carboxylic acids is 2. The van der Waals surface area contributed by atoms with E-state index in [0.717, 1.165) is 33.8 Å². The van der Waals surface area contributed by atoms with Crippen molar-refractivity contribution in [3.8, 4) is 0 Å². The monoisotopic (exact) mass is 866 g/mol. The number of amides is 4. The molecule has 0 fully saturated rings. The first-order valence-corrected chi connectivity index (χ1v) is 19.6. The Bertz CT molecular complexity index is 2260. The van der Waals surface area contributed by atoms with Gasteiger partial charge in [0.15, 0.2) is 0 Å². The highest BCUT2D eigenvalue weighted by atomic mass is 32.1. The van der Waals surface area contributed by atoms with E-state index in [1.54, 1.807) is 0 Å². The number of rotatable bonds is 12. The second-order valence-corrected chi connectivity index (χ2v) is 15.1. The fraction of sp³-hybridized carbons (Fsp3) is 0.263. The van der Waals surface area contributed by atoms with Gasteiger partial charge in [-0.15, -0.1) is 22.7 Å². The molecular weight excluding hydrogens is 829 g/mol. The average molecular weight is 867 g/mol. The predicted octanol–water partition coefficient (Wildman–Crippen LogP) is 2.99. The maximum atomic E-state index is 12.0. The second-order valence-electron chi connectivity index (χ2n) is 12.9. The number of carboxylic acids is 4. The van der Waals surface area contributed by atoms with Gasteiger partial charge in [-0.2, -0.15) is 0 Å². The number of carboxylic acid groups (broad SMARTS) is 4. The average Bonchev–Trinajstić information content (AvgIpc) is 3.79. The maximum absolute atomic E-state index is 12.0. The molecule has 316 valence electrons. The SMILES string of the molecule is O=C(NCC1Cc2c(sc(NC(=O)C(=O)O)c2C(=O)O)CN1)OCc1ccccc1.O=C(NCC1NCCc2c1sc(NC(=O)C(=O)O)c2C(=O)O)OCc1ccccc1. The van der Waals surface area contributed by atoms with Gasteiger partial charge in [0, 0.05) is 35.4 Å². The summed E-state index contributed by atoms with van der Waals surface area (Å²) in [5.41, 5.74) is 2.47. The van der Waals surface area contributed by atoms with Crippen molar-refractivity contribution in [2.75, 3.05) is 30.3 Å². The summed E-state index contributed by atoms with van der Waals surface area (Å²) in [6, 6.07) is 17.7. The van der Waals surface area contributed by atoms with E-state index in [1.165, 1.54) is 0 Å². The number of nitrogens with one attached hydrogen (secondary N) is 6. The van der Waals surface area contributed by atoms with Gasteiger partial charge in [-0.3, -0.25) is 9.59 Å². The van der Waals surface area contributed by atoms with Crippen molar-refractivity contribution in [2.24, 2.45) is 0 Å². The van der Waals surface area contributed by atoms with Gasteiger partial charge in [-0.1, -0.05) is 60.7 Å². The fourth-order valence-corrected chi connectivity index (χ4v) is 8.57. The van der Waals surface area contributed by atoms with Crippen LogP contribution in [0.25, 0.3) is 0 Å². The van der Waals surface area contributed by atoms with Crippen molar-refractivity contribution in [3.63, 3.8) is 0 Å². The van der Waals surface area contributed by atoms with Gasteiger partial charge in [0.25, 0.3) is 0 Å². The summed E-state index contributed by atoms with van der Waals surface area (Å²) < 4.78 is 10.3. The summed E-state index contributed by atoms with van der Waals surface area (Å²) in [7, 11) is 0. The number of carbonyl (C=O) groups is 8. The molecule has 60 heavy (non-hydrogen) atoms. The van der Waals surface area contributed by atoms with Crippen molar-refractivity contribution in [3.05, 3.63) is 104 Å². The minimum atomic E-state index is -1.71. The Morgan fingerprint density at radius 2 is 1.15 bits per heavy atom. The number of hydrogen-bond acceptors (Lipinski definition) is 14. The molecule has 0 bridgehead atoms. The van der Waals surface area contributed by atoms with Gasteiger partial charge in [0.1, 0.15) is 23.2 Å². The molecule has 22 heteroatoms. The number of ether oxygens (including phenoxy) is 2. The Morgan fingerprint density at radius 1 is 0.650 bits per heavy atom. The Morgan fingerprint density at radius 3 is 1.67 bits per heavy atom. The number of fused-ring (bicyclic) bond motifs is 2. The van der Waals surface area contributed by atoms with Gasteiger partial charge in [-0.05, 0) is 41.6 Å². The van der Waals surface area contributed by atoms with E-state index in [9.17, 15) is 48.6 Å². The van der Waals surface area contributed by atoms with E-state index in [0.29, 0.717) is 40.4 Å². The topological polar surface area (TPSA) is 308 Å². The molecule has 2 atom stereocenters. The normalized spacial score (nSPS) is 15.0. The van der Waals surface area contributed by atoms with Crippen LogP contribution in [0.4, 0.5) is 19.6 Å². The molecular formula is C38H38N6O14S2. The number of hydrogen-bond donors (Lipinski definition) is 10. The summed E-state index contributed by atoms with van der Waals surface area (Å²) in [4.78, 5) is 93.1. The van der Waals surface area contributed by atoms with Gasteiger partial charge in [0.2, 0.25) is 0 Å². The Balaban J connectivity index is 0.000000228. The van der Waals surface area contributed by atoms with Crippen LogP contribution in [0.2, 0.25) is 0 Å². The van der Waals surface area contributed by atoms with E-state index in [-0.39, 0.29) is 59.9 Å². The third-order valence-electron chi connectivity index (χ3n) is 8.85. The largest absolute Gasteiger partial charge is 0.478 e. The standard InChI is InChI=1S/2C19H19N3O7S/c23-15(18(26)27)22-16-14(17(24)25)12-6-11(20-8-13(12)30-16)7-21-19(28)29-9-10-4-2-1-3-5-10;23-15(18(26)27)22-16-13(17(24)25)11-6-7-20-12(14(11)30-16)8-21-19(28)29-9-10-4-2-1-3-5-10/h1-5,11,20H,6-9H2,(H,21,28)(H,22,23)(H,24,25)(H,26,27);1-5,12,20H,6-9H2,(H,21,28)(H,22,23)(H,24,25)(H,26,27). The summed E-state index contributed by atoms with van der Waals surface area (Å²) in [5.74, 6) is -8.55. The van der Waals surface area contributed by atoms with Crippen LogP contribution in [-0.4, -0.2) is 94.0 Å². The molecule has 0 saturated carbocycles. The van der Waals surface area contributed by atoms with E-state index < -0.39 is 53.9 Å². The number of benzene rings is 2. The molecule has 4 aromatic rings. The predicted molar refractivity (Wildman–Crippen MR) is 213 cm³/mol. The molecule has 4 amide bonds. The van der Waals surface area contributed by atoms with Crippen molar-refractivity contribution in [2.45, 2.75) is 44.7 Å². The molecule has 0 radical (unpaired) electrons. The number of aromatic carboxylic acids is 2. The molecule has 0 aliphatic carbocycles. The Hall–Kier alpha value is -6.88. The van der Waals surface area contributed by atoms with Crippen molar-refractivity contribution >= 4 is 80.6 Å². The zero-order chi connectivity index (χ0) is 43.3. The molecule has 4 heterocycles. The minimum Gasteiger partial charge on any atom is -0.478 e. The first-order chi connectivity index (χ1) is 28.7. The molecule has 2 aliphatic rings. The lowest BCUT2D eigenvalue weighted by Gasteiger charge is -2.24. The molecule has 2 aromatic carbocycles. The molecule has 2 aromatic heterocycles. The van der Waals surface area contributed by atoms with Crippen molar-refractivity contribution < 1.29 is 68.3 Å². The third kappa shape index (κ3) is 11.8. The zero-order valence-electron chi connectivity index (χ0n) is 31.3. The molecule has 6 rings (SSSR count). The van der Waals surface area contributed by atoms with Crippen molar-refractivity contribution in [1.82, 2.24) is 21.3 Å². The van der Waals surface area contributed by atoms with Crippen molar-refractivity contribution in [1.29, 1.82) is 0 Å². The van der Waals surface area contributed by atoms with E-state index >= 15 is 0 Å². The van der Waals surface area contributed by atoms with E-state index in [2.05, 4.69) is 31.9 Å². The highest BCUT2D eigenvalue weighted by Crippen LogP contribution is 2.40. The number of carbonyl (C=O) groups excluding carboxylic acids is 4. The molecule has 2 unspecified atom stereocenters. The van der Waals surface area contributed by atoms with E-state index in [1.807, 2.05) is 60.7 Å². The smallest absolute Gasteiger partial charge is 0.407 e. The summed E-state index contributed by atoms with van der Waals surface area (Å²) >= 11 is 1.99. The third-order valence-corrected chi connectivity index (χ3v) is 11.3. The van der Waals surface area contributed by atoms with Gasteiger partial charge in [0.05, 0.1) is 17.2 Å². The highest BCUT2D eigenvalue weighted by Gasteiger charge is 2.33. The lowest BCUT2D eigenvalue weighted by Crippen LogP contribution is -2.44. The lowest BCUT2D eigenvalue weighted by atomic mass is 9.98. The van der Waals surface area contributed by atoms with Gasteiger partial charge >= 0.3 is 47.9 Å². The van der Waals surface area contributed by atoms with E-state index in [4.69, 9.17) is 19.7 Å². The molecule has 2 aliphatic heterocycles. The number of alkyl carbamates (subject to hydrolysis) is 2. The summed E-state index contributed by atoms with van der Waals surface area (Å²) in [6.07, 6.45) is -0.535. The highest BCUT2D eigenvalue weighted by molar-refractivity contribution is 7.17. The van der Waals surface area contributed by atoms with Crippen LogP contribution in [0.3, 0.4) is 0 Å². The summed E-state index contributed by atoms with van der Waals surface area (Å²) in [6.45, 7) is 1.38. The second kappa shape index (κ2) is 20.7. The van der Waals surface area contributed by atoms with Crippen LogP contribution in [0, 0.1) is 0 Å².